The van der Waals surface area contributed by atoms with Crippen LogP contribution < -0.4 is 5.56 Å². The van der Waals surface area contributed by atoms with Crippen LogP contribution in [0, 0.1) is 5.82 Å². The number of hydrogen-bond donors (Lipinski definition) is 0. The first-order valence-corrected chi connectivity index (χ1v) is 6.92. The fourth-order valence-corrected chi connectivity index (χ4v) is 2.02. The zero-order valence-electron chi connectivity index (χ0n) is 12.1. The Morgan fingerprint density at radius 1 is 1.29 bits per heavy atom. The van der Waals surface area contributed by atoms with Crippen molar-refractivity contribution in [1.29, 1.82) is 0 Å². The Morgan fingerprint density at radius 2 is 1.95 bits per heavy atom. The van der Waals surface area contributed by atoms with E-state index in [9.17, 15) is 14.0 Å². The monoisotopic (exact) mass is 288 g/mol. The van der Waals surface area contributed by atoms with Gasteiger partial charge >= 0.3 is 0 Å². The number of unbranched alkanes of at least 4 members (excludes halogenated alkanes) is 1. The number of halogens is 1. The molecule has 0 N–H and O–H groups in total. The predicted octanol–water partition coefficient (Wildman–Crippen LogP) is 3.05. The van der Waals surface area contributed by atoms with Crippen molar-refractivity contribution in [2.24, 2.45) is 0 Å². The Kier molecular flexibility index (Phi) is 4.62. The van der Waals surface area contributed by atoms with Crippen LogP contribution in [0.2, 0.25) is 0 Å². The average Bonchev–Trinajstić information content (AvgIpc) is 2.47. The summed E-state index contributed by atoms with van der Waals surface area (Å²) in [6.07, 6.45) is 1.72. The smallest absolute Gasteiger partial charge is 0.277 e. The summed E-state index contributed by atoms with van der Waals surface area (Å²) in [5, 5.41) is 4.28. The van der Waals surface area contributed by atoms with E-state index in [0.717, 1.165) is 12.8 Å². The number of Topliss-reactive ketones (excluding diaryl/α,β-unsaturated/α-hetero) is 1. The van der Waals surface area contributed by atoms with Crippen LogP contribution in [0.5, 0.6) is 0 Å². The van der Waals surface area contributed by atoms with Gasteiger partial charge in [-0.2, -0.15) is 5.10 Å². The SMILES string of the molecule is CCCCn1nc(-c2ccc(F)cc2)cc(C(C)=O)c1=O. The molecular formula is C16H17FN2O2. The van der Waals surface area contributed by atoms with Crippen LogP contribution in [0.25, 0.3) is 11.3 Å². The van der Waals surface area contributed by atoms with Crippen LogP contribution >= 0.6 is 0 Å². The summed E-state index contributed by atoms with van der Waals surface area (Å²) in [6.45, 7) is 3.83. The quantitative estimate of drug-likeness (QED) is 0.795. The maximum atomic E-state index is 13.0. The highest BCUT2D eigenvalue weighted by atomic mass is 19.1. The first-order valence-electron chi connectivity index (χ1n) is 6.92. The second-order valence-corrected chi connectivity index (χ2v) is 4.89. The van der Waals surface area contributed by atoms with Crippen LogP contribution in [0.1, 0.15) is 37.0 Å². The van der Waals surface area contributed by atoms with Crippen LogP contribution in [-0.4, -0.2) is 15.6 Å². The number of nitrogens with zero attached hydrogens (tertiary/aromatic N) is 2. The van der Waals surface area contributed by atoms with Gasteiger partial charge in [0.15, 0.2) is 5.78 Å². The summed E-state index contributed by atoms with van der Waals surface area (Å²) >= 11 is 0. The van der Waals surface area contributed by atoms with Gasteiger partial charge in [0.1, 0.15) is 5.82 Å². The van der Waals surface area contributed by atoms with E-state index < -0.39 is 0 Å². The van der Waals surface area contributed by atoms with Crippen molar-refractivity contribution < 1.29 is 9.18 Å². The Labute approximate surface area is 122 Å². The lowest BCUT2D eigenvalue weighted by atomic mass is 10.1. The van der Waals surface area contributed by atoms with E-state index in [4.69, 9.17) is 0 Å². The molecule has 0 atom stereocenters. The summed E-state index contributed by atoms with van der Waals surface area (Å²) in [6, 6.07) is 7.28. The molecule has 0 unspecified atom stereocenters. The van der Waals surface area contributed by atoms with E-state index >= 15 is 0 Å². The second kappa shape index (κ2) is 6.43. The van der Waals surface area contributed by atoms with E-state index in [0.29, 0.717) is 17.8 Å². The molecule has 110 valence electrons. The largest absolute Gasteiger partial charge is 0.294 e. The van der Waals surface area contributed by atoms with E-state index in [-0.39, 0.29) is 22.7 Å². The third kappa shape index (κ3) is 3.42. The van der Waals surface area contributed by atoms with Crippen LogP contribution in [-0.2, 0) is 6.54 Å². The number of rotatable bonds is 5. The van der Waals surface area contributed by atoms with E-state index in [1.165, 1.54) is 29.8 Å². The molecule has 0 bridgehead atoms. The predicted molar refractivity (Wildman–Crippen MR) is 78.8 cm³/mol. The van der Waals surface area contributed by atoms with Crippen molar-refractivity contribution in [2.75, 3.05) is 0 Å². The molecule has 0 saturated carbocycles. The fraction of sp³-hybridized carbons (Fsp3) is 0.312. The molecular weight excluding hydrogens is 271 g/mol. The standard InChI is InChI=1S/C16H17FN2O2/c1-3-4-9-19-16(21)14(11(2)20)10-15(18-19)12-5-7-13(17)8-6-12/h5-8,10H,3-4,9H2,1-2H3. The van der Waals surface area contributed by atoms with Crippen LogP contribution in [0.3, 0.4) is 0 Å². The highest BCUT2D eigenvalue weighted by Gasteiger charge is 2.13. The topological polar surface area (TPSA) is 52.0 Å². The van der Waals surface area contributed by atoms with Crippen LogP contribution in [0.15, 0.2) is 35.1 Å². The highest BCUT2D eigenvalue weighted by Crippen LogP contribution is 2.17. The zero-order valence-corrected chi connectivity index (χ0v) is 12.1. The van der Waals surface area contributed by atoms with Crippen LogP contribution in [0.4, 0.5) is 4.39 Å². The molecule has 4 nitrogen and oxygen atoms in total. The summed E-state index contributed by atoms with van der Waals surface area (Å²) in [5.74, 6) is -0.638. The molecule has 0 radical (unpaired) electrons. The van der Waals surface area contributed by atoms with Gasteiger partial charge in [0.05, 0.1) is 11.3 Å². The Bertz CT molecular complexity index is 705. The molecule has 0 aliphatic heterocycles. The number of carbonyl (C=O) groups excluding carboxylic acids is 1. The van der Waals surface area contributed by atoms with Crippen molar-refractivity contribution in [2.45, 2.75) is 33.2 Å². The lowest BCUT2D eigenvalue weighted by Crippen LogP contribution is -2.28. The van der Waals surface area contributed by atoms with Gasteiger partial charge in [-0.15, -0.1) is 0 Å². The first-order chi connectivity index (χ1) is 10.0. The number of benzene rings is 1. The number of aromatic nitrogens is 2. The number of aryl methyl sites for hydroxylation is 1. The molecule has 1 aromatic heterocycles. The molecule has 0 saturated heterocycles. The lowest BCUT2D eigenvalue weighted by molar-refractivity contribution is 0.101. The van der Waals surface area contributed by atoms with E-state index in [2.05, 4.69) is 5.10 Å². The van der Waals surface area contributed by atoms with Gasteiger partial charge in [-0.1, -0.05) is 13.3 Å². The van der Waals surface area contributed by atoms with Gasteiger partial charge in [0, 0.05) is 12.1 Å². The maximum absolute atomic E-state index is 13.0. The normalized spacial score (nSPS) is 10.6. The second-order valence-electron chi connectivity index (χ2n) is 4.89. The van der Waals surface area contributed by atoms with Crippen molar-refractivity contribution in [3.63, 3.8) is 0 Å². The molecule has 0 aliphatic rings. The number of carbonyl (C=O) groups is 1. The van der Waals surface area contributed by atoms with Crippen molar-refractivity contribution in [1.82, 2.24) is 9.78 Å². The Morgan fingerprint density at radius 3 is 2.52 bits per heavy atom. The molecule has 2 aromatic rings. The van der Waals surface area contributed by atoms with Gasteiger partial charge in [0.2, 0.25) is 0 Å². The minimum atomic E-state index is -0.373. The Balaban J connectivity index is 2.55. The molecule has 5 heteroatoms. The molecule has 0 fully saturated rings. The molecule has 2 rings (SSSR count). The summed E-state index contributed by atoms with van der Waals surface area (Å²) < 4.78 is 14.3. The summed E-state index contributed by atoms with van der Waals surface area (Å²) in [5.41, 5.74) is 0.905. The van der Waals surface area contributed by atoms with Gasteiger partial charge in [0.25, 0.3) is 5.56 Å². The zero-order chi connectivity index (χ0) is 15.4. The highest BCUT2D eigenvalue weighted by molar-refractivity contribution is 5.94. The van der Waals surface area contributed by atoms with Gasteiger partial charge in [-0.05, 0) is 43.7 Å². The van der Waals surface area contributed by atoms with E-state index in [1.807, 2.05) is 6.92 Å². The third-order valence-corrected chi connectivity index (χ3v) is 3.22. The van der Waals surface area contributed by atoms with Crippen molar-refractivity contribution >= 4 is 5.78 Å². The molecule has 21 heavy (non-hydrogen) atoms. The van der Waals surface area contributed by atoms with E-state index in [1.54, 1.807) is 12.1 Å². The van der Waals surface area contributed by atoms with Crippen molar-refractivity contribution in [3.05, 3.63) is 52.1 Å². The molecule has 0 aliphatic carbocycles. The minimum Gasteiger partial charge on any atom is -0.294 e. The molecule has 0 amide bonds. The summed E-state index contributed by atoms with van der Waals surface area (Å²) in [4.78, 5) is 23.8. The minimum absolute atomic E-state index is 0.112. The Hall–Kier alpha value is -2.30. The number of hydrogen-bond acceptors (Lipinski definition) is 3. The summed E-state index contributed by atoms with van der Waals surface area (Å²) in [7, 11) is 0. The number of ketones is 1. The molecule has 1 heterocycles. The van der Waals surface area contributed by atoms with Gasteiger partial charge in [-0.25, -0.2) is 9.07 Å². The fourth-order valence-electron chi connectivity index (χ4n) is 2.02. The van der Waals surface area contributed by atoms with Gasteiger partial charge < -0.3 is 0 Å². The average molecular weight is 288 g/mol. The van der Waals surface area contributed by atoms with Gasteiger partial charge in [-0.3, -0.25) is 9.59 Å². The first kappa shape index (κ1) is 15.1. The third-order valence-electron chi connectivity index (χ3n) is 3.22. The molecule has 0 spiro atoms. The molecule has 1 aromatic carbocycles. The lowest BCUT2D eigenvalue weighted by Gasteiger charge is -2.09. The van der Waals surface area contributed by atoms with Crippen molar-refractivity contribution in [3.8, 4) is 11.3 Å². The maximum Gasteiger partial charge on any atom is 0.277 e.